The molecule has 1 heterocycles. The molecular weight excluding hydrogens is 351 g/mol. The van der Waals surface area contributed by atoms with Crippen LogP contribution in [0.2, 0.25) is 10.0 Å². The first kappa shape index (κ1) is 16.1. The second kappa shape index (κ2) is 6.36. The van der Waals surface area contributed by atoms with Crippen LogP contribution in [-0.4, -0.2) is 5.91 Å². The van der Waals surface area contributed by atoms with E-state index in [1.165, 1.54) is 18.2 Å². The van der Waals surface area contributed by atoms with Gasteiger partial charge >= 0.3 is 0 Å². The predicted molar refractivity (Wildman–Crippen MR) is 91.6 cm³/mol. The van der Waals surface area contributed by atoms with Gasteiger partial charge in [-0.3, -0.25) is 14.9 Å². The predicted octanol–water partition coefficient (Wildman–Crippen LogP) is 4.22. The van der Waals surface area contributed by atoms with Crippen LogP contribution in [0.25, 0.3) is 11.0 Å². The van der Waals surface area contributed by atoms with Gasteiger partial charge in [0.2, 0.25) is 11.3 Å². The first-order valence-electron chi connectivity index (χ1n) is 6.73. The van der Waals surface area contributed by atoms with Crippen molar-refractivity contribution in [3.8, 4) is 6.07 Å². The highest BCUT2D eigenvalue weighted by Crippen LogP contribution is 2.24. The smallest absolute Gasteiger partial charge is 0.259 e. The zero-order valence-electron chi connectivity index (χ0n) is 12.0. The number of fused-ring (bicyclic) bond motifs is 1. The number of hydrogen-bond acceptors (Lipinski definition) is 4. The summed E-state index contributed by atoms with van der Waals surface area (Å²) in [5.41, 5.74) is -0.399. The number of anilines is 1. The van der Waals surface area contributed by atoms with Crippen LogP contribution in [-0.2, 0) is 0 Å². The number of nitrogens with zero attached hydrogens (tertiary/aromatic N) is 1. The Kier molecular flexibility index (Phi) is 4.26. The van der Waals surface area contributed by atoms with Crippen LogP contribution in [0.15, 0.2) is 51.7 Å². The molecule has 1 amide bonds. The maximum Gasteiger partial charge on any atom is 0.259 e. The van der Waals surface area contributed by atoms with Crippen LogP contribution in [0.1, 0.15) is 15.9 Å². The number of amides is 1. The summed E-state index contributed by atoms with van der Waals surface area (Å²) in [6, 6.07) is 12.6. The van der Waals surface area contributed by atoms with E-state index in [9.17, 15) is 14.9 Å². The molecule has 1 aromatic heterocycles. The molecule has 2 aromatic carbocycles. The molecule has 0 saturated carbocycles. The van der Waals surface area contributed by atoms with Crippen LogP contribution >= 0.6 is 23.2 Å². The van der Waals surface area contributed by atoms with E-state index >= 15 is 0 Å². The third kappa shape index (κ3) is 2.85. The number of nitrogens with one attached hydrogen (secondary N) is 1. The van der Waals surface area contributed by atoms with Crippen molar-refractivity contribution in [1.29, 1.82) is 5.26 Å². The number of benzene rings is 2. The lowest BCUT2D eigenvalue weighted by Crippen LogP contribution is -2.17. The van der Waals surface area contributed by atoms with Crippen molar-refractivity contribution in [1.82, 2.24) is 0 Å². The van der Waals surface area contributed by atoms with Crippen molar-refractivity contribution >= 4 is 46.0 Å². The number of halogens is 2. The topological polar surface area (TPSA) is 83.1 Å². The minimum atomic E-state index is -0.619. The third-order valence-electron chi connectivity index (χ3n) is 3.31. The minimum Gasteiger partial charge on any atom is -0.439 e. The molecule has 0 bridgehead atoms. The Labute approximate surface area is 146 Å². The Bertz CT molecular complexity index is 1070. The number of carbonyl (C=O) groups is 1. The minimum absolute atomic E-state index is 0.140. The molecule has 5 nitrogen and oxygen atoms in total. The molecule has 0 fully saturated rings. The van der Waals surface area contributed by atoms with Gasteiger partial charge in [-0.15, -0.1) is 0 Å². The van der Waals surface area contributed by atoms with Crippen molar-refractivity contribution in [3.05, 3.63) is 73.9 Å². The number of hydrogen-bond donors (Lipinski definition) is 1. The molecule has 3 aromatic rings. The third-order valence-corrected chi connectivity index (χ3v) is 3.86. The lowest BCUT2D eigenvalue weighted by Gasteiger charge is -2.08. The molecule has 1 N–H and O–H groups in total. The zero-order chi connectivity index (χ0) is 17.3. The Morgan fingerprint density at radius 1 is 1.17 bits per heavy atom. The molecule has 0 saturated heterocycles. The van der Waals surface area contributed by atoms with Gasteiger partial charge in [-0.1, -0.05) is 35.3 Å². The molecule has 0 radical (unpaired) electrons. The number of nitriles is 1. The van der Waals surface area contributed by atoms with Gasteiger partial charge in [0.15, 0.2) is 5.56 Å². The first-order valence-corrected chi connectivity index (χ1v) is 7.49. The summed E-state index contributed by atoms with van der Waals surface area (Å²) in [6.45, 7) is 0. The van der Waals surface area contributed by atoms with Crippen LogP contribution in [0, 0.1) is 11.3 Å². The maximum absolute atomic E-state index is 12.4. The lowest BCUT2D eigenvalue weighted by molar-refractivity contribution is 0.102. The molecule has 0 atom stereocenters. The highest BCUT2D eigenvalue weighted by molar-refractivity contribution is 6.37. The summed E-state index contributed by atoms with van der Waals surface area (Å²) in [4.78, 5) is 24.7. The van der Waals surface area contributed by atoms with Crippen LogP contribution < -0.4 is 10.7 Å². The second-order valence-electron chi connectivity index (χ2n) is 4.82. The van der Waals surface area contributed by atoms with E-state index in [4.69, 9.17) is 27.6 Å². The molecule has 0 unspecified atom stereocenters. The number of rotatable bonds is 2. The van der Waals surface area contributed by atoms with Gasteiger partial charge in [-0.25, -0.2) is 0 Å². The summed E-state index contributed by atoms with van der Waals surface area (Å²) in [6.07, 6.45) is 0. The van der Waals surface area contributed by atoms with Crippen molar-refractivity contribution in [2.75, 3.05) is 5.32 Å². The van der Waals surface area contributed by atoms with Crippen LogP contribution in [0.4, 0.5) is 5.88 Å². The van der Waals surface area contributed by atoms with E-state index in [0.29, 0.717) is 5.02 Å². The van der Waals surface area contributed by atoms with Crippen molar-refractivity contribution < 1.29 is 9.21 Å². The Morgan fingerprint density at radius 2 is 1.92 bits per heavy atom. The van der Waals surface area contributed by atoms with Gasteiger partial charge < -0.3 is 4.42 Å². The molecule has 118 valence electrons. The van der Waals surface area contributed by atoms with Gasteiger partial charge in [0.25, 0.3) is 5.91 Å². The van der Waals surface area contributed by atoms with E-state index in [1.54, 1.807) is 30.3 Å². The van der Waals surface area contributed by atoms with E-state index in [2.05, 4.69) is 5.32 Å². The Balaban J connectivity index is 2.08. The fraction of sp³-hybridized carbons (Fsp3) is 0. The monoisotopic (exact) mass is 358 g/mol. The van der Waals surface area contributed by atoms with Crippen molar-refractivity contribution in [3.63, 3.8) is 0 Å². The molecule has 24 heavy (non-hydrogen) atoms. The van der Waals surface area contributed by atoms with Crippen LogP contribution in [0.5, 0.6) is 0 Å². The standard InChI is InChI=1S/C17H8Cl2N2O3/c18-9-5-6-10(13(19)7-9)16(23)21-17-12(8-20)15(22)11-3-1-2-4-14(11)24-17/h1-7H,(H,21,23). The first-order chi connectivity index (χ1) is 11.5. The lowest BCUT2D eigenvalue weighted by atomic mass is 10.1. The van der Waals surface area contributed by atoms with Gasteiger partial charge in [0.1, 0.15) is 11.7 Å². The summed E-state index contributed by atoms with van der Waals surface area (Å²) in [7, 11) is 0. The second-order valence-corrected chi connectivity index (χ2v) is 5.67. The summed E-state index contributed by atoms with van der Waals surface area (Å²) >= 11 is 11.8. The van der Waals surface area contributed by atoms with E-state index in [0.717, 1.165) is 0 Å². The number of carbonyl (C=O) groups excluding carboxylic acids is 1. The largest absolute Gasteiger partial charge is 0.439 e. The fourth-order valence-corrected chi connectivity index (χ4v) is 2.67. The summed E-state index contributed by atoms with van der Waals surface area (Å²) < 4.78 is 5.50. The van der Waals surface area contributed by atoms with Crippen molar-refractivity contribution in [2.24, 2.45) is 0 Å². The van der Waals surface area contributed by atoms with Crippen molar-refractivity contribution in [2.45, 2.75) is 0 Å². The van der Waals surface area contributed by atoms with Gasteiger partial charge in [-0.2, -0.15) is 5.26 Å². The van der Waals surface area contributed by atoms with Gasteiger partial charge in [0.05, 0.1) is 16.0 Å². The Hall–Kier alpha value is -2.81. The van der Waals surface area contributed by atoms with E-state index < -0.39 is 11.3 Å². The molecule has 3 rings (SSSR count). The zero-order valence-corrected chi connectivity index (χ0v) is 13.5. The quantitative estimate of drug-likeness (QED) is 0.742. The molecule has 0 aliphatic heterocycles. The summed E-state index contributed by atoms with van der Waals surface area (Å²) in [5.74, 6) is -0.844. The van der Waals surface area contributed by atoms with E-state index in [-0.39, 0.29) is 33.0 Å². The molecule has 0 aliphatic rings. The average molecular weight is 359 g/mol. The highest BCUT2D eigenvalue weighted by atomic mass is 35.5. The van der Waals surface area contributed by atoms with Gasteiger partial charge in [0, 0.05) is 5.02 Å². The van der Waals surface area contributed by atoms with Crippen LogP contribution in [0.3, 0.4) is 0 Å². The SMILES string of the molecule is N#Cc1c(NC(=O)c2ccc(Cl)cc2Cl)oc2ccccc2c1=O. The maximum atomic E-state index is 12.4. The molecule has 7 heteroatoms. The Morgan fingerprint density at radius 3 is 2.62 bits per heavy atom. The highest BCUT2D eigenvalue weighted by Gasteiger charge is 2.18. The molecular formula is C17H8Cl2N2O3. The number of para-hydroxylation sites is 1. The van der Waals surface area contributed by atoms with Gasteiger partial charge in [-0.05, 0) is 30.3 Å². The molecule has 0 spiro atoms. The average Bonchev–Trinajstić information content (AvgIpc) is 2.55. The summed E-state index contributed by atoms with van der Waals surface area (Å²) in [5, 5.41) is 12.4. The fourth-order valence-electron chi connectivity index (χ4n) is 2.18. The van der Waals surface area contributed by atoms with E-state index in [1.807, 2.05) is 0 Å². The normalized spacial score (nSPS) is 10.4. The molecule has 0 aliphatic carbocycles.